The van der Waals surface area contributed by atoms with Gasteiger partial charge in [0.15, 0.2) is 0 Å². The Morgan fingerprint density at radius 2 is 2.53 bits per heavy atom. The lowest BCUT2D eigenvalue weighted by Gasteiger charge is -2.15. The van der Waals surface area contributed by atoms with Crippen molar-refractivity contribution in [3.63, 3.8) is 0 Å². The van der Waals surface area contributed by atoms with Gasteiger partial charge in [-0.05, 0) is 17.9 Å². The highest BCUT2D eigenvalue weighted by Crippen LogP contribution is 2.23. The highest BCUT2D eigenvalue weighted by molar-refractivity contribution is 7.12. The van der Waals surface area contributed by atoms with Crippen LogP contribution in [0, 0.1) is 17.8 Å². The summed E-state index contributed by atoms with van der Waals surface area (Å²) < 4.78 is 5.15. The Kier molecular flexibility index (Phi) is 4.97. The second-order valence-electron chi connectivity index (χ2n) is 4.53. The van der Waals surface area contributed by atoms with E-state index < -0.39 is 0 Å². The fourth-order valence-electron chi connectivity index (χ4n) is 2.25. The molecule has 0 spiro atoms. The molecule has 2 heterocycles. The molecule has 1 aliphatic rings. The van der Waals surface area contributed by atoms with Gasteiger partial charge in [0.2, 0.25) is 0 Å². The lowest BCUT2D eigenvalue weighted by molar-refractivity contribution is 0.0780. The first-order valence-corrected chi connectivity index (χ1v) is 7.19. The van der Waals surface area contributed by atoms with Crippen molar-refractivity contribution < 1.29 is 9.53 Å². The second kappa shape index (κ2) is 6.71. The first-order chi connectivity index (χ1) is 9.26. The number of nitrogens with two attached hydrogens (primary N) is 1. The molecule has 0 saturated carbocycles. The van der Waals surface area contributed by atoms with Crippen molar-refractivity contribution in [1.82, 2.24) is 4.90 Å². The first-order valence-electron chi connectivity index (χ1n) is 6.31. The number of rotatable bonds is 3. The third-order valence-electron chi connectivity index (χ3n) is 3.16. The van der Waals surface area contributed by atoms with E-state index in [1.165, 1.54) is 11.3 Å². The van der Waals surface area contributed by atoms with E-state index in [2.05, 4.69) is 11.8 Å². The van der Waals surface area contributed by atoms with Crippen LogP contribution in [0.2, 0.25) is 0 Å². The van der Waals surface area contributed by atoms with Crippen LogP contribution in [0.4, 0.5) is 0 Å². The van der Waals surface area contributed by atoms with Crippen LogP contribution in [-0.4, -0.2) is 44.2 Å². The first kappa shape index (κ1) is 14.1. The predicted molar refractivity (Wildman–Crippen MR) is 76.1 cm³/mol. The summed E-state index contributed by atoms with van der Waals surface area (Å²) in [6, 6.07) is 1.88. The van der Waals surface area contributed by atoms with Crippen molar-refractivity contribution in [3.05, 3.63) is 21.9 Å². The molecule has 0 aliphatic carbocycles. The quantitative estimate of drug-likeness (QED) is 0.844. The second-order valence-corrected chi connectivity index (χ2v) is 5.45. The van der Waals surface area contributed by atoms with Crippen molar-refractivity contribution in [1.29, 1.82) is 0 Å². The van der Waals surface area contributed by atoms with Crippen molar-refractivity contribution >= 4 is 17.2 Å². The van der Waals surface area contributed by atoms with Gasteiger partial charge in [0.1, 0.15) is 4.88 Å². The monoisotopic (exact) mass is 278 g/mol. The lowest BCUT2D eigenvalue weighted by Crippen LogP contribution is -2.29. The molecule has 1 aromatic rings. The van der Waals surface area contributed by atoms with Gasteiger partial charge in [0.25, 0.3) is 5.91 Å². The van der Waals surface area contributed by atoms with E-state index in [4.69, 9.17) is 10.5 Å². The van der Waals surface area contributed by atoms with Crippen molar-refractivity contribution in [2.24, 2.45) is 11.7 Å². The summed E-state index contributed by atoms with van der Waals surface area (Å²) >= 11 is 1.44. The molecule has 1 aliphatic heterocycles. The van der Waals surface area contributed by atoms with Crippen molar-refractivity contribution in [2.75, 3.05) is 33.4 Å². The Bertz CT molecular complexity index is 501. The zero-order chi connectivity index (χ0) is 13.7. The Hall–Kier alpha value is -1.35. The van der Waals surface area contributed by atoms with Gasteiger partial charge in [-0.15, -0.1) is 11.3 Å². The Morgan fingerprint density at radius 3 is 3.26 bits per heavy atom. The van der Waals surface area contributed by atoms with Gasteiger partial charge in [-0.25, -0.2) is 0 Å². The molecule has 1 aromatic heterocycles. The molecular formula is C14H18N2O2S. The molecule has 1 unspecified atom stereocenters. The van der Waals surface area contributed by atoms with E-state index in [-0.39, 0.29) is 5.91 Å². The van der Waals surface area contributed by atoms with Gasteiger partial charge in [-0.2, -0.15) is 0 Å². The summed E-state index contributed by atoms with van der Waals surface area (Å²) in [5.41, 5.74) is 6.15. The number of amides is 1. The number of carbonyl (C=O) groups excluding carboxylic acids is 1. The highest BCUT2D eigenvalue weighted by Gasteiger charge is 2.28. The predicted octanol–water partition coefficient (Wildman–Crippen LogP) is 1.17. The molecular weight excluding hydrogens is 260 g/mol. The van der Waals surface area contributed by atoms with Crippen LogP contribution in [0.1, 0.15) is 21.7 Å². The molecule has 1 amide bonds. The zero-order valence-electron chi connectivity index (χ0n) is 11.0. The number of thiophene rings is 1. The molecule has 1 atom stereocenters. The smallest absolute Gasteiger partial charge is 0.265 e. The van der Waals surface area contributed by atoms with Gasteiger partial charge < -0.3 is 15.4 Å². The van der Waals surface area contributed by atoms with Crippen LogP contribution < -0.4 is 5.73 Å². The average Bonchev–Trinajstić information content (AvgIpc) is 3.04. The van der Waals surface area contributed by atoms with E-state index >= 15 is 0 Å². The third-order valence-corrected chi connectivity index (χ3v) is 4.06. The van der Waals surface area contributed by atoms with Crippen LogP contribution in [0.5, 0.6) is 0 Å². The minimum Gasteiger partial charge on any atom is -0.384 e. The summed E-state index contributed by atoms with van der Waals surface area (Å²) in [4.78, 5) is 15.1. The molecule has 19 heavy (non-hydrogen) atoms. The van der Waals surface area contributed by atoms with Crippen molar-refractivity contribution in [2.45, 2.75) is 6.42 Å². The third kappa shape index (κ3) is 3.35. The van der Waals surface area contributed by atoms with Crippen molar-refractivity contribution in [3.8, 4) is 11.8 Å². The zero-order valence-corrected chi connectivity index (χ0v) is 11.8. The topological polar surface area (TPSA) is 55.6 Å². The molecule has 1 saturated heterocycles. The van der Waals surface area contributed by atoms with E-state index in [0.717, 1.165) is 30.0 Å². The largest absolute Gasteiger partial charge is 0.384 e. The standard InChI is InChI=1S/C14H18N2O2S/c1-18-10-11-4-7-16(9-11)14(17)13-12(3-2-6-15)5-8-19-13/h5,8,11H,4,6-7,9-10,15H2,1H3. The lowest BCUT2D eigenvalue weighted by atomic mass is 10.1. The number of carbonyl (C=O) groups is 1. The molecule has 1 fully saturated rings. The summed E-state index contributed by atoms with van der Waals surface area (Å²) in [5, 5.41) is 1.90. The maximum Gasteiger partial charge on any atom is 0.265 e. The van der Waals surface area contributed by atoms with Crippen LogP contribution >= 0.6 is 11.3 Å². The molecule has 4 nitrogen and oxygen atoms in total. The summed E-state index contributed by atoms with van der Waals surface area (Å²) in [6.07, 6.45) is 1.01. The van der Waals surface area contributed by atoms with Gasteiger partial charge in [-0.3, -0.25) is 4.79 Å². The molecule has 2 N–H and O–H groups in total. The fourth-order valence-corrected chi connectivity index (χ4v) is 3.07. The summed E-state index contributed by atoms with van der Waals surface area (Å²) in [7, 11) is 1.70. The van der Waals surface area contributed by atoms with Gasteiger partial charge in [0.05, 0.1) is 13.2 Å². The number of likely N-dealkylation sites (tertiary alicyclic amines) is 1. The van der Waals surface area contributed by atoms with Gasteiger partial charge in [-0.1, -0.05) is 11.8 Å². The van der Waals surface area contributed by atoms with Gasteiger partial charge >= 0.3 is 0 Å². The van der Waals surface area contributed by atoms with E-state index in [1.807, 2.05) is 16.3 Å². The van der Waals surface area contributed by atoms with E-state index in [9.17, 15) is 4.79 Å². The Balaban J connectivity index is 2.06. The fraction of sp³-hybridized carbons (Fsp3) is 0.500. The maximum absolute atomic E-state index is 12.4. The summed E-state index contributed by atoms with van der Waals surface area (Å²) in [5.74, 6) is 6.29. The van der Waals surface area contributed by atoms with E-state index in [0.29, 0.717) is 19.1 Å². The minimum absolute atomic E-state index is 0.0786. The molecule has 5 heteroatoms. The van der Waals surface area contributed by atoms with Crippen LogP contribution in [-0.2, 0) is 4.74 Å². The number of hydrogen-bond acceptors (Lipinski definition) is 4. The van der Waals surface area contributed by atoms with Crippen LogP contribution in [0.3, 0.4) is 0 Å². The molecule has 0 aromatic carbocycles. The molecule has 2 rings (SSSR count). The molecule has 0 radical (unpaired) electrons. The van der Waals surface area contributed by atoms with Crippen LogP contribution in [0.15, 0.2) is 11.4 Å². The highest BCUT2D eigenvalue weighted by atomic mass is 32.1. The normalized spacial score (nSPS) is 18.2. The van der Waals surface area contributed by atoms with E-state index in [1.54, 1.807) is 7.11 Å². The number of nitrogens with zero attached hydrogens (tertiary/aromatic N) is 1. The maximum atomic E-state index is 12.4. The molecule has 0 bridgehead atoms. The summed E-state index contributed by atoms with van der Waals surface area (Å²) in [6.45, 7) is 2.60. The minimum atomic E-state index is 0.0786. The Morgan fingerprint density at radius 1 is 1.68 bits per heavy atom. The SMILES string of the molecule is COCC1CCN(C(=O)c2sccc2C#CCN)C1. The number of methoxy groups -OCH3 is 1. The molecule has 102 valence electrons. The Labute approximate surface area is 117 Å². The van der Waals surface area contributed by atoms with Crippen LogP contribution in [0.25, 0.3) is 0 Å². The number of ether oxygens (including phenoxy) is 1. The average molecular weight is 278 g/mol. The number of hydrogen-bond donors (Lipinski definition) is 1. The van der Waals surface area contributed by atoms with Gasteiger partial charge in [0, 0.05) is 31.7 Å².